The Bertz CT molecular complexity index is 1000. The van der Waals surface area contributed by atoms with Crippen LogP contribution in [0.2, 0.25) is 0 Å². The van der Waals surface area contributed by atoms with Gasteiger partial charge in [0, 0.05) is 37.8 Å². The number of hydrogen-bond donors (Lipinski definition) is 3. The first-order chi connectivity index (χ1) is 14.4. The molecule has 156 valence electrons. The molecule has 3 aliphatic rings. The van der Waals surface area contributed by atoms with Crippen molar-refractivity contribution in [1.29, 1.82) is 5.41 Å². The highest BCUT2D eigenvalue weighted by molar-refractivity contribution is 6.19. The Kier molecular flexibility index (Phi) is 5.13. The SMILES string of the molecule is CC1(C)Oc2cc(NC(=O)/C(C=N)=C3\N=CC=CN3)c(N3CCOCC3)cc2C1=O. The van der Waals surface area contributed by atoms with Crippen LogP contribution in [0, 0.1) is 5.41 Å². The quantitative estimate of drug-likeness (QED) is 0.516. The lowest BCUT2D eigenvalue weighted by atomic mass is 9.98. The van der Waals surface area contributed by atoms with E-state index in [4.69, 9.17) is 14.9 Å². The number of ketones is 1. The van der Waals surface area contributed by atoms with Gasteiger partial charge in [-0.15, -0.1) is 0 Å². The lowest BCUT2D eigenvalue weighted by molar-refractivity contribution is -0.112. The number of ether oxygens (including phenoxy) is 2. The maximum atomic E-state index is 13.0. The molecule has 4 rings (SSSR count). The van der Waals surface area contributed by atoms with E-state index in [9.17, 15) is 9.59 Å². The third-order valence-corrected chi connectivity index (χ3v) is 5.10. The van der Waals surface area contributed by atoms with Gasteiger partial charge in [0.1, 0.15) is 11.6 Å². The minimum Gasteiger partial charge on any atom is -0.479 e. The summed E-state index contributed by atoms with van der Waals surface area (Å²) in [4.78, 5) is 31.9. The second-order valence-electron chi connectivity index (χ2n) is 7.55. The molecule has 1 saturated heterocycles. The fourth-order valence-corrected chi connectivity index (χ4v) is 3.55. The highest BCUT2D eigenvalue weighted by Gasteiger charge is 2.41. The van der Waals surface area contributed by atoms with Gasteiger partial charge >= 0.3 is 0 Å². The number of carbonyl (C=O) groups is 2. The molecule has 0 saturated carbocycles. The first-order valence-corrected chi connectivity index (χ1v) is 9.67. The van der Waals surface area contributed by atoms with E-state index in [0.29, 0.717) is 43.3 Å². The summed E-state index contributed by atoms with van der Waals surface area (Å²) in [5.74, 6) is 0.127. The van der Waals surface area contributed by atoms with Crippen molar-refractivity contribution in [2.45, 2.75) is 19.4 Å². The fourth-order valence-electron chi connectivity index (χ4n) is 3.55. The average Bonchev–Trinajstić information content (AvgIpc) is 2.97. The molecule has 1 aromatic rings. The van der Waals surface area contributed by atoms with Crippen molar-refractivity contribution in [3.8, 4) is 5.75 Å². The van der Waals surface area contributed by atoms with Crippen molar-refractivity contribution in [2.75, 3.05) is 36.5 Å². The normalized spacial score (nSPS) is 20.9. The zero-order chi connectivity index (χ0) is 21.3. The van der Waals surface area contributed by atoms with Crippen LogP contribution >= 0.6 is 0 Å². The van der Waals surface area contributed by atoms with E-state index in [1.165, 1.54) is 0 Å². The molecule has 30 heavy (non-hydrogen) atoms. The third-order valence-electron chi connectivity index (χ3n) is 5.10. The molecule has 0 aliphatic carbocycles. The van der Waals surface area contributed by atoms with Gasteiger partial charge in [-0.25, -0.2) is 4.99 Å². The summed E-state index contributed by atoms with van der Waals surface area (Å²) in [5, 5.41) is 13.4. The maximum absolute atomic E-state index is 13.0. The second-order valence-corrected chi connectivity index (χ2v) is 7.55. The lowest BCUT2D eigenvalue weighted by Gasteiger charge is -2.31. The molecule has 9 nitrogen and oxygen atoms in total. The van der Waals surface area contributed by atoms with Crippen LogP contribution in [0.5, 0.6) is 5.75 Å². The van der Waals surface area contributed by atoms with Crippen LogP contribution < -0.4 is 20.3 Å². The number of hydrogen-bond acceptors (Lipinski definition) is 8. The number of morpholine rings is 1. The lowest BCUT2D eigenvalue weighted by Crippen LogP contribution is -2.37. The highest BCUT2D eigenvalue weighted by Crippen LogP contribution is 2.41. The molecule has 1 aromatic carbocycles. The first kappa shape index (κ1) is 19.8. The molecule has 0 bridgehead atoms. The van der Waals surface area contributed by atoms with Crippen LogP contribution in [-0.2, 0) is 9.53 Å². The Morgan fingerprint density at radius 3 is 2.77 bits per heavy atom. The zero-order valence-corrected chi connectivity index (χ0v) is 16.8. The van der Waals surface area contributed by atoms with Crippen molar-refractivity contribution in [1.82, 2.24) is 5.32 Å². The summed E-state index contributed by atoms with van der Waals surface area (Å²) in [6, 6.07) is 3.44. The van der Waals surface area contributed by atoms with E-state index in [1.54, 1.807) is 44.5 Å². The Morgan fingerprint density at radius 2 is 2.10 bits per heavy atom. The highest BCUT2D eigenvalue weighted by atomic mass is 16.5. The predicted molar refractivity (Wildman–Crippen MR) is 114 cm³/mol. The summed E-state index contributed by atoms with van der Waals surface area (Å²) in [6.45, 7) is 5.83. The maximum Gasteiger partial charge on any atom is 0.261 e. The van der Waals surface area contributed by atoms with Crippen LogP contribution in [0.4, 0.5) is 11.4 Å². The van der Waals surface area contributed by atoms with Crippen LogP contribution in [0.15, 0.2) is 40.8 Å². The summed E-state index contributed by atoms with van der Waals surface area (Å²) in [5.41, 5.74) is 0.841. The predicted octanol–water partition coefficient (Wildman–Crippen LogP) is 1.86. The van der Waals surface area contributed by atoms with Gasteiger partial charge < -0.3 is 30.4 Å². The van der Waals surface area contributed by atoms with E-state index in [-0.39, 0.29) is 17.2 Å². The molecule has 0 aromatic heterocycles. The van der Waals surface area contributed by atoms with E-state index >= 15 is 0 Å². The van der Waals surface area contributed by atoms with Gasteiger partial charge in [0.2, 0.25) is 5.78 Å². The molecule has 1 amide bonds. The largest absolute Gasteiger partial charge is 0.479 e. The van der Waals surface area contributed by atoms with Gasteiger partial charge in [-0.2, -0.15) is 0 Å². The Labute approximate surface area is 173 Å². The van der Waals surface area contributed by atoms with Crippen LogP contribution in [-0.4, -0.2) is 56.0 Å². The Hall–Kier alpha value is -3.46. The number of fused-ring (bicyclic) bond motifs is 1. The molecule has 3 N–H and O–H groups in total. The molecule has 1 fully saturated rings. The number of allylic oxidation sites excluding steroid dienone is 1. The smallest absolute Gasteiger partial charge is 0.261 e. The van der Waals surface area contributed by atoms with E-state index in [0.717, 1.165) is 11.9 Å². The van der Waals surface area contributed by atoms with Crippen LogP contribution in [0.25, 0.3) is 0 Å². The number of carbonyl (C=O) groups excluding carboxylic acids is 2. The Morgan fingerprint density at radius 1 is 1.33 bits per heavy atom. The van der Waals surface area contributed by atoms with Gasteiger partial charge in [0.25, 0.3) is 5.91 Å². The number of rotatable bonds is 4. The molecule has 0 unspecified atom stereocenters. The van der Waals surface area contributed by atoms with Gasteiger partial charge in [-0.3, -0.25) is 9.59 Å². The first-order valence-electron chi connectivity index (χ1n) is 9.67. The Balaban J connectivity index is 1.72. The number of anilines is 2. The standard InChI is InChI=1S/C21H23N5O4/c1-21(2)18(27)13-10-16(26-6-8-29-9-7-26)15(11-17(13)30-21)25-20(28)14(12-22)19-23-4-3-5-24-19/h3-5,10-12,22-23H,6-9H2,1-2H3,(H,25,28)/b19-14-,22-12?. The molecule has 9 heteroatoms. The van der Waals surface area contributed by atoms with Crippen molar-refractivity contribution < 1.29 is 19.1 Å². The number of aliphatic imine (C=N–C) groups is 1. The van der Waals surface area contributed by atoms with Gasteiger partial charge in [-0.05, 0) is 26.0 Å². The van der Waals surface area contributed by atoms with E-state index < -0.39 is 11.5 Å². The topological polar surface area (TPSA) is 116 Å². The second kappa shape index (κ2) is 7.75. The molecular weight excluding hydrogens is 386 g/mol. The van der Waals surface area contributed by atoms with E-state index in [2.05, 4.69) is 20.5 Å². The molecule has 0 spiro atoms. The monoisotopic (exact) mass is 409 g/mol. The minimum absolute atomic E-state index is 0.0846. The summed E-state index contributed by atoms with van der Waals surface area (Å²) in [6.07, 6.45) is 5.82. The van der Waals surface area contributed by atoms with Crippen LogP contribution in [0.3, 0.4) is 0 Å². The number of Topliss-reactive ketones (excluding diaryl/α,β-unsaturated/α-hetero) is 1. The fraction of sp³-hybridized carbons (Fsp3) is 0.333. The van der Waals surface area contributed by atoms with Crippen molar-refractivity contribution >= 4 is 35.5 Å². The van der Waals surface area contributed by atoms with Gasteiger partial charge in [0.05, 0.1) is 35.7 Å². The van der Waals surface area contributed by atoms with Crippen molar-refractivity contribution in [3.63, 3.8) is 0 Å². The van der Waals surface area contributed by atoms with E-state index in [1.807, 2.05) is 0 Å². The molecule has 3 heterocycles. The van der Waals surface area contributed by atoms with Gasteiger partial charge in [0.15, 0.2) is 5.60 Å². The number of benzene rings is 1. The number of nitrogens with zero attached hydrogens (tertiary/aromatic N) is 2. The number of amides is 1. The summed E-state index contributed by atoms with van der Waals surface area (Å²) >= 11 is 0. The average molecular weight is 409 g/mol. The zero-order valence-electron chi connectivity index (χ0n) is 16.8. The molecular formula is C21H23N5O4. The summed E-state index contributed by atoms with van der Waals surface area (Å²) in [7, 11) is 0. The van der Waals surface area contributed by atoms with Crippen LogP contribution in [0.1, 0.15) is 24.2 Å². The van der Waals surface area contributed by atoms with Crippen molar-refractivity contribution in [2.24, 2.45) is 4.99 Å². The molecule has 0 atom stereocenters. The van der Waals surface area contributed by atoms with Crippen molar-refractivity contribution in [3.05, 3.63) is 41.4 Å². The number of nitrogens with one attached hydrogen (secondary N) is 3. The molecule has 3 aliphatic heterocycles. The summed E-state index contributed by atoms with van der Waals surface area (Å²) < 4.78 is 11.3. The molecule has 0 radical (unpaired) electrons. The third kappa shape index (κ3) is 3.59. The minimum atomic E-state index is -0.956. The van der Waals surface area contributed by atoms with Gasteiger partial charge in [-0.1, -0.05) is 0 Å².